The number of nitrogens with two attached hydrogens (primary N) is 1. The van der Waals surface area contributed by atoms with Gasteiger partial charge in [0.25, 0.3) is 0 Å². The quantitative estimate of drug-likeness (QED) is 0.869. The van der Waals surface area contributed by atoms with E-state index in [2.05, 4.69) is 0 Å². The van der Waals surface area contributed by atoms with Gasteiger partial charge in [0, 0.05) is 19.5 Å². The first-order valence-electron chi connectivity index (χ1n) is 5.31. The van der Waals surface area contributed by atoms with Gasteiger partial charge in [-0.3, -0.25) is 4.79 Å². The molecule has 1 atom stereocenters. The van der Waals surface area contributed by atoms with Gasteiger partial charge in [-0.05, 0) is 18.0 Å². The van der Waals surface area contributed by atoms with E-state index in [0.29, 0.717) is 18.9 Å². The summed E-state index contributed by atoms with van der Waals surface area (Å²) in [6, 6.07) is 10.1. The van der Waals surface area contributed by atoms with Gasteiger partial charge in [0.1, 0.15) is 0 Å². The number of carbonyl (C=O) groups excluding carboxylic acids is 1. The second-order valence-electron chi connectivity index (χ2n) is 4.07. The molecule has 2 N–H and O–H groups in total. The van der Waals surface area contributed by atoms with Crippen LogP contribution in [0.25, 0.3) is 0 Å². The standard InChI is InChI=1S/C12H16N2O.ClH/c13-7-11-6-12(15)14(9-11)8-10-4-2-1-3-5-10;/h1-5,11H,6-9,13H2;1H. The van der Waals surface area contributed by atoms with Gasteiger partial charge in [-0.15, -0.1) is 12.4 Å². The van der Waals surface area contributed by atoms with Crippen molar-refractivity contribution in [3.05, 3.63) is 35.9 Å². The summed E-state index contributed by atoms with van der Waals surface area (Å²) in [6.45, 7) is 2.14. The summed E-state index contributed by atoms with van der Waals surface area (Å²) >= 11 is 0. The van der Waals surface area contributed by atoms with Crippen molar-refractivity contribution in [2.75, 3.05) is 13.1 Å². The molecule has 2 rings (SSSR count). The van der Waals surface area contributed by atoms with Gasteiger partial charge in [-0.1, -0.05) is 30.3 Å². The van der Waals surface area contributed by atoms with Crippen LogP contribution in [-0.2, 0) is 11.3 Å². The third-order valence-electron chi connectivity index (χ3n) is 2.84. The average Bonchev–Trinajstić information content (AvgIpc) is 2.61. The molecule has 0 aliphatic carbocycles. The van der Waals surface area contributed by atoms with Crippen molar-refractivity contribution in [3.63, 3.8) is 0 Å². The number of hydrogen-bond acceptors (Lipinski definition) is 2. The van der Waals surface area contributed by atoms with Crippen LogP contribution in [-0.4, -0.2) is 23.9 Å². The summed E-state index contributed by atoms with van der Waals surface area (Å²) in [5.41, 5.74) is 6.76. The molecule has 0 aromatic heterocycles. The molecular formula is C12H17ClN2O. The third-order valence-corrected chi connectivity index (χ3v) is 2.84. The molecule has 1 unspecified atom stereocenters. The van der Waals surface area contributed by atoms with E-state index < -0.39 is 0 Å². The Morgan fingerprint density at radius 1 is 1.31 bits per heavy atom. The molecule has 1 aliphatic heterocycles. The Kier molecular flexibility index (Phi) is 4.77. The van der Waals surface area contributed by atoms with Crippen LogP contribution in [0.15, 0.2) is 30.3 Å². The topological polar surface area (TPSA) is 46.3 Å². The van der Waals surface area contributed by atoms with Gasteiger partial charge in [-0.25, -0.2) is 0 Å². The van der Waals surface area contributed by atoms with Crippen LogP contribution >= 0.6 is 12.4 Å². The van der Waals surface area contributed by atoms with Gasteiger partial charge in [0.05, 0.1) is 0 Å². The first-order valence-corrected chi connectivity index (χ1v) is 5.31. The highest BCUT2D eigenvalue weighted by Gasteiger charge is 2.28. The summed E-state index contributed by atoms with van der Waals surface area (Å²) in [6.07, 6.45) is 0.614. The molecule has 1 aromatic carbocycles. The van der Waals surface area contributed by atoms with Gasteiger partial charge >= 0.3 is 0 Å². The molecule has 16 heavy (non-hydrogen) atoms. The van der Waals surface area contributed by atoms with Gasteiger partial charge in [-0.2, -0.15) is 0 Å². The normalized spacial score (nSPS) is 19.7. The monoisotopic (exact) mass is 240 g/mol. The molecule has 88 valence electrons. The van der Waals surface area contributed by atoms with E-state index in [1.807, 2.05) is 35.2 Å². The van der Waals surface area contributed by atoms with E-state index in [9.17, 15) is 4.79 Å². The molecule has 0 radical (unpaired) electrons. The Labute approximate surface area is 102 Å². The lowest BCUT2D eigenvalue weighted by atomic mass is 10.1. The number of halogens is 1. The Balaban J connectivity index is 0.00000128. The van der Waals surface area contributed by atoms with Gasteiger partial charge in [0.15, 0.2) is 0 Å². The molecule has 0 saturated carbocycles. The predicted octanol–water partition coefficient (Wildman–Crippen LogP) is 1.42. The largest absolute Gasteiger partial charge is 0.338 e. The maximum atomic E-state index is 11.6. The summed E-state index contributed by atoms with van der Waals surface area (Å²) in [5.74, 6) is 0.579. The lowest BCUT2D eigenvalue weighted by Crippen LogP contribution is -2.25. The van der Waals surface area contributed by atoms with Crippen molar-refractivity contribution in [1.82, 2.24) is 4.90 Å². The van der Waals surface area contributed by atoms with Crippen LogP contribution in [0.5, 0.6) is 0 Å². The van der Waals surface area contributed by atoms with Crippen molar-refractivity contribution in [3.8, 4) is 0 Å². The Morgan fingerprint density at radius 2 is 2.00 bits per heavy atom. The fraction of sp³-hybridized carbons (Fsp3) is 0.417. The van der Waals surface area contributed by atoms with E-state index in [1.54, 1.807) is 0 Å². The fourth-order valence-corrected chi connectivity index (χ4v) is 1.97. The van der Waals surface area contributed by atoms with Crippen LogP contribution in [0.1, 0.15) is 12.0 Å². The lowest BCUT2D eigenvalue weighted by Gasteiger charge is -2.16. The number of rotatable bonds is 3. The zero-order valence-electron chi connectivity index (χ0n) is 9.13. The maximum Gasteiger partial charge on any atom is 0.223 e. The maximum absolute atomic E-state index is 11.6. The van der Waals surface area contributed by atoms with E-state index >= 15 is 0 Å². The fourth-order valence-electron chi connectivity index (χ4n) is 1.97. The molecule has 1 heterocycles. The third kappa shape index (κ3) is 2.97. The highest BCUT2D eigenvalue weighted by molar-refractivity contribution is 5.85. The summed E-state index contributed by atoms with van der Waals surface area (Å²) in [5, 5.41) is 0. The molecule has 1 fully saturated rings. The first kappa shape index (κ1) is 13.0. The number of nitrogens with zero attached hydrogens (tertiary/aromatic N) is 1. The molecule has 1 aromatic rings. The Hall–Kier alpha value is -1.06. The van der Waals surface area contributed by atoms with Gasteiger partial charge in [0.2, 0.25) is 5.91 Å². The lowest BCUT2D eigenvalue weighted by molar-refractivity contribution is -0.128. The summed E-state index contributed by atoms with van der Waals surface area (Å²) < 4.78 is 0. The summed E-state index contributed by atoms with van der Waals surface area (Å²) in [4.78, 5) is 13.5. The molecule has 0 spiro atoms. The van der Waals surface area contributed by atoms with Crippen LogP contribution in [0.3, 0.4) is 0 Å². The molecule has 1 amide bonds. The SMILES string of the molecule is Cl.NCC1CC(=O)N(Cc2ccccc2)C1. The van der Waals surface area contributed by atoms with Crippen LogP contribution in [0.4, 0.5) is 0 Å². The van der Waals surface area contributed by atoms with E-state index in [1.165, 1.54) is 5.56 Å². The van der Waals surface area contributed by atoms with E-state index in [-0.39, 0.29) is 18.3 Å². The molecule has 3 nitrogen and oxygen atoms in total. The highest BCUT2D eigenvalue weighted by Crippen LogP contribution is 2.18. The Bertz CT molecular complexity index is 342. The Morgan fingerprint density at radius 3 is 2.56 bits per heavy atom. The van der Waals surface area contributed by atoms with Crippen molar-refractivity contribution >= 4 is 18.3 Å². The second kappa shape index (κ2) is 5.87. The van der Waals surface area contributed by atoms with Crippen LogP contribution in [0.2, 0.25) is 0 Å². The number of hydrogen-bond donors (Lipinski definition) is 1. The minimum atomic E-state index is 0. The zero-order valence-corrected chi connectivity index (χ0v) is 9.95. The first-order chi connectivity index (χ1) is 7.29. The molecule has 1 aliphatic rings. The predicted molar refractivity (Wildman–Crippen MR) is 66.3 cm³/mol. The van der Waals surface area contributed by atoms with Crippen molar-refractivity contribution in [2.24, 2.45) is 11.7 Å². The zero-order chi connectivity index (χ0) is 10.7. The highest BCUT2D eigenvalue weighted by atomic mass is 35.5. The minimum Gasteiger partial charge on any atom is -0.338 e. The van der Waals surface area contributed by atoms with Crippen LogP contribution < -0.4 is 5.73 Å². The van der Waals surface area contributed by atoms with E-state index in [4.69, 9.17) is 5.73 Å². The van der Waals surface area contributed by atoms with Crippen molar-refractivity contribution in [2.45, 2.75) is 13.0 Å². The number of likely N-dealkylation sites (tertiary alicyclic amines) is 1. The average molecular weight is 241 g/mol. The number of amides is 1. The summed E-state index contributed by atoms with van der Waals surface area (Å²) in [7, 11) is 0. The minimum absolute atomic E-state index is 0. The molecule has 1 saturated heterocycles. The number of benzene rings is 1. The molecular weight excluding hydrogens is 224 g/mol. The molecule has 4 heteroatoms. The van der Waals surface area contributed by atoms with Crippen molar-refractivity contribution in [1.29, 1.82) is 0 Å². The van der Waals surface area contributed by atoms with E-state index in [0.717, 1.165) is 13.1 Å². The number of carbonyl (C=O) groups is 1. The van der Waals surface area contributed by atoms with Crippen molar-refractivity contribution < 1.29 is 4.79 Å². The van der Waals surface area contributed by atoms with Gasteiger partial charge < -0.3 is 10.6 Å². The van der Waals surface area contributed by atoms with Crippen LogP contribution in [0, 0.1) is 5.92 Å². The molecule has 0 bridgehead atoms. The second-order valence-corrected chi connectivity index (χ2v) is 4.07. The smallest absolute Gasteiger partial charge is 0.223 e.